The van der Waals surface area contributed by atoms with Crippen molar-refractivity contribution in [2.75, 3.05) is 13.2 Å². The summed E-state index contributed by atoms with van der Waals surface area (Å²) in [6.07, 6.45) is 6.34. The molecule has 2 N–H and O–H groups in total. The molecule has 0 atom stereocenters. The highest BCUT2D eigenvalue weighted by Gasteiger charge is 2.38. The van der Waals surface area contributed by atoms with E-state index in [-0.39, 0.29) is 0 Å². The Bertz CT molecular complexity index is 678. The van der Waals surface area contributed by atoms with Crippen molar-refractivity contribution in [3.63, 3.8) is 0 Å². The van der Waals surface area contributed by atoms with Crippen LogP contribution in [0.25, 0.3) is 0 Å². The first-order chi connectivity index (χ1) is 11.9. The topological polar surface area (TPSA) is 111 Å². The molecule has 2 heterocycles. The fourth-order valence-electron chi connectivity index (χ4n) is 2.41. The summed E-state index contributed by atoms with van der Waals surface area (Å²) in [4.78, 5) is 22.3. The third-order valence-corrected chi connectivity index (χ3v) is 3.69. The van der Waals surface area contributed by atoms with Gasteiger partial charge < -0.3 is 24.3 Å². The molecule has 2 aromatic rings. The van der Waals surface area contributed by atoms with Crippen LogP contribution in [0.5, 0.6) is 0 Å². The Labute approximate surface area is 144 Å². The molecule has 1 saturated heterocycles. The number of nitrogens with zero attached hydrogens (tertiary/aromatic N) is 2. The normalized spacial score (nSPS) is 15.2. The number of imidazole rings is 1. The van der Waals surface area contributed by atoms with Crippen molar-refractivity contribution >= 4 is 11.9 Å². The predicted molar refractivity (Wildman–Crippen MR) is 86.9 cm³/mol. The smallest absolute Gasteiger partial charge is 0.414 e. The van der Waals surface area contributed by atoms with E-state index in [0.29, 0.717) is 13.2 Å². The lowest BCUT2D eigenvalue weighted by molar-refractivity contribution is -0.172. The van der Waals surface area contributed by atoms with Crippen LogP contribution in [0.4, 0.5) is 0 Å². The molecule has 0 amide bonds. The van der Waals surface area contributed by atoms with E-state index in [4.69, 9.17) is 29.3 Å². The molecule has 1 aromatic carbocycles. The summed E-state index contributed by atoms with van der Waals surface area (Å²) >= 11 is 0. The SMILES string of the molecule is Cc1ccc(C2(CCn3ccnc3)OCCO2)cc1.O=C(O)C(=O)O. The number of carboxylic acids is 2. The first kappa shape index (κ1) is 18.6. The molecule has 1 fully saturated rings. The molecule has 0 bridgehead atoms. The van der Waals surface area contributed by atoms with Gasteiger partial charge in [-0.1, -0.05) is 29.8 Å². The van der Waals surface area contributed by atoms with Gasteiger partial charge in [0.1, 0.15) is 0 Å². The zero-order valence-electron chi connectivity index (χ0n) is 13.8. The zero-order valence-corrected chi connectivity index (χ0v) is 13.8. The van der Waals surface area contributed by atoms with E-state index in [0.717, 1.165) is 18.5 Å². The average Bonchev–Trinajstić information content (AvgIpc) is 3.26. The molecular formula is C17H20N2O6. The van der Waals surface area contributed by atoms with Gasteiger partial charge in [-0.3, -0.25) is 0 Å². The Morgan fingerprint density at radius 1 is 1.16 bits per heavy atom. The molecule has 8 heteroatoms. The Balaban J connectivity index is 0.000000326. The number of ether oxygens (including phenoxy) is 2. The van der Waals surface area contributed by atoms with Gasteiger partial charge in [0.15, 0.2) is 5.79 Å². The van der Waals surface area contributed by atoms with Crippen LogP contribution in [0, 0.1) is 6.92 Å². The zero-order chi connectivity index (χ0) is 18.3. The first-order valence-corrected chi connectivity index (χ1v) is 7.70. The number of hydrogen-bond acceptors (Lipinski definition) is 5. The molecule has 25 heavy (non-hydrogen) atoms. The minimum Gasteiger partial charge on any atom is -0.473 e. The third kappa shape index (κ3) is 5.13. The molecule has 3 rings (SSSR count). The van der Waals surface area contributed by atoms with Crippen LogP contribution in [0.1, 0.15) is 17.5 Å². The molecule has 0 aliphatic carbocycles. The number of hydrogen-bond donors (Lipinski definition) is 2. The predicted octanol–water partition coefficient (Wildman–Crippen LogP) is 1.64. The molecule has 0 saturated carbocycles. The number of carbonyl (C=O) groups is 2. The molecule has 8 nitrogen and oxygen atoms in total. The number of aliphatic carboxylic acids is 2. The van der Waals surface area contributed by atoms with E-state index in [2.05, 4.69) is 36.2 Å². The summed E-state index contributed by atoms with van der Waals surface area (Å²) in [6, 6.07) is 8.38. The molecular weight excluding hydrogens is 328 g/mol. The van der Waals surface area contributed by atoms with Gasteiger partial charge in [0.05, 0.1) is 19.5 Å². The molecule has 134 valence electrons. The van der Waals surface area contributed by atoms with Crippen molar-refractivity contribution in [1.82, 2.24) is 9.55 Å². The number of aromatic nitrogens is 2. The summed E-state index contributed by atoms with van der Waals surface area (Å²) in [5, 5.41) is 14.8. The Hall–Kier alpha value is -2.71. The monoisotopic (exact) mass is 348 g/mol. The highest BCUT2D eigenvalue weighted by Crippen LogP contribution is 2.35. The Morgan fingerprint density at radius 3 is 2.24 bits per heavy atom. The number of carboxylic acid groups (broad SMARTS) is 2. The summed E-state index contributed by atoms with van der Waals surface area (Å²) in [7, 11) is 0. The fraction of sp³-hybridized carbons (Fsp3) is 0.353. The van der Waals surface area contributed by atoms with Crippen LogP contribution in [-0.2, 0) is 31.4 Å². The second kappa shape index (κ2) is 8.41. The molecule has 0 spiro atoms. The van der Waals surface area contributed by atoms with E-state index >= 15 is 0 Å². The van der Waals surface area contributed by atoms with Crippen LogP contribution in [0.2, 0.25) is 0 Å². The molecule has 1 aliphatic heterocycles. The van der Waals surface area contributed by atoms with Crippen molar-refractivity contribution in [2.24, 2.45) is 0 Å². The van der Waals surface area contributed by atoms with Crippen molar-refractivity contribution < 1.29 is 29.3 Å². The molecule has 0 unspecified atom stereocenters. The van der Waals surface area contributed by atoms with Crippen molar-refractivity contribution in [1.29, 1.82) is 0 Å². The summed E-state index contributed by atoms with van der Waals surface area (Å²) in [5.74, 6) is -4.25. The average molecular weight is 348 g/mol. The van der Waals surface area contributed by atoms with Crippen LogP contribution < -0.4 is 0 Å². The minimum atomic E-state index is -1.82. The minimum absolute atomic E-state index is 0.599. The van der Waals surface area contributed by atoms with E-state index in [1.165, 1.54) is 5.56 Å². The standard InChI is InChI=1S/C15H18N2O2.C2H2O4/c1-13-2-4-14(5-3-13)15(18-10-11-19-15)6-8-17-9-7-16-12-17;3-1(4)2(5)6/h2-5,7,9,12H,6,8,10-11H2,1H3;(H,3,4)(H,5,6). The van der Waals surface area contributed by atoms with Crippen LogP contribution in [0.15, 0.2) is 43.0 Å². The maximum atomic E-state index is 9.10. The van der Waals surface area contributed by atoms with Gasteiger partial charge in [0.25, 0.3) is 0 Å². The summed E-state index contributed by atoms with van der Waals surface area (Å²) < 4.78 is 13.9. The van der Waals surface area contributed by atoms with Gasteiger partial charge in [-0.05, 0) is 6.92 Å². The number of rotatable bonds is 4. The Kier molecular flexibility index (Phi) is 6.26. The highest BCUT2D eigenvalue weighted by atomic mass is 16.7. The third-order valence-electron chi connectivity index (χ3n) is 3.69. The lowest BCUT2D eigenvalue weighted by atomic mass is 10.0. The fourth-order valence-corrected chi connectivity index (χ4v) is 2.41. The van der Waals surface area contributed by atoms with Gasteiger partial charge >= 0.3 is 11.9 Å². The van der Waals surface area contributed by atoms with Gasteiger partial charge in [-0.15, -0.1) is 0 Å². The van der Waals surface area contributed by atoms with E-state index in [1.54, 1.807) is 6.20 Å². The number of aryl methyl sites for hydroxylation is 2. The lowest BCUT2D eigenvalue weighted by Gasteiger charge is -2.28. The maximum Gasteiger partial charge on any atom is 0.414 e. The quantitative estimate of drug-likeness (QED) is 0.808. The van der Waals surface area contributed by atoms with E-state index in [1.807, 2.05) is 17.1 Å². The van der Waals surface area contributed by atoms with Crippen molar-refractivity contribution in [2.45, 2.75) is 25.7 Å². The molecule has 0 radical (unpaired) electrons. The second-order valence-electron chi connectivity index (χ2n) is 5.48. The van der Waals surface area contributed by atoms with E-state index in [9.17, 15) is 0 Å². The van der Waals surface area contributed by atoms with Gasteiger partial charge in [0, 0.05) is 30.9 Å². The molecule has 1 aliphatic rings. The number of benzene rings is 1. The summed E-state index contributed by atoms with van der Waals surface area (Å²) in [6.45, 7) is 4.21. The van der Waals surface area contributed by atoms with Crippen LogP contribution >= 0.6 is 0 Å². The highest BCUT2D eigenvalue weighted by molar-refractivity contribution is 6.27. The Morgan fingerprint density at radius 2 is 1.76 bits per heavy atom. The van der Waals surface area contributed by atoms with Gasteiger partial charge in [-0.25, -0.2) is 14.6 Å². The maximum absolute atomic E-state index is 9.10. The van der Waals surface area contributed by atoms with Gasteiger partial charge in [0.2, 0.25) is 0 Å². The summed E-state index contributed by atoms with van der Waals surface area (Å²) in [5.41, 5.74) is 2.34. The second-order valence-corrected chi connectivity index (χ2v) is 5.48. The van der Waals surface area contributed by atoms with Crippen molar-refractivity contribution in [3.8, 4) is 0 Å². The molecule has 1 aromatic heterocycles. The van der Waals surface area contributed by atoms with Crippen LogP contribution in [0.3, 0.4) is 0 Å². The lowest BCUT2D eigenvalue weighted by Crippen LogP contribution is -2.28. The van der Waals surface area contributed by atoms with E-state index < -0.39 is 17.7 Å². The van der Waals surface area contributed by atoms with Crippen LogP contribution in [-0.4, -0.2) is 44.9 Å². The van der Waals surface area contributed by atoms with Gasteiger partial charge in [-0.2, -0.15) is 0 Å². The largest absolute Gasteiger partial charge is 0.473 e. The van der Waals surface area contributed by atoms with Crippen molar-refractivity contribution in [3.05, 3.63) is 54.1 Å². The first-order valence-electron chi connectivity index (χ1n) is 7.70.